The molecule has 340 valence electrons. The first kappa shape index (κ1) is 48.1. The number of rotatable bonds is 8. The molecule has 4 aromatic carbocycles. The first-order valence-electron chi connectivity index (χ1n) is 20.8. The fraction of sp³-hybridized carbons (Fsp3) is 0.217. The van der Waals surface area contributed by atoms with Gasteiger partial charge in [-0.1, -0.05) is 58.4 Å². The van der Waals surface area contributed by atoms with Gasteiger partial charge in [0, 0.05) is 96.3 Å². The minimum Gasteiger partial charge on any atom is -0.422 e. The quantitative estimate of drug-likeness (QED) is 0.0557. The Kier molecular flexibility index (Phi) is 16.0. The standard InChI is InChI=1S/C23H23N5O3.C20H20BrN3O3.C3H5BN2O2/c1-15-14-27(22(30)16-5-3-2-4-6-16)11-12-28(15)23(31)21(29)18-8-7-17(13-19(18)24)20-9-10-25-26-20;1-13-12-23(19(26)14-5-3-2-4-6-14)9-10-24(13)20(27)18(25)16-8-7-15(21)11-17(16)22;7-4(8)3-1-2-5-6-3/h2-10,13,15H,11-12,14,24H2,1H3,(H,25,26);2-8,11,13H,9-10,12,22H2,1H3;1-2,7-8H,(H,5,6)/t15-;13-;/m11./s1. The molecular weight excluding hydrogens is 911 g/mol. The summed E-state index contributed by atoms with van der Waals surface area (Å²) in [5.41, 5.74) is 15.9. The Morgan fingerprint density at radius 3 is 1.48 bits per heavy atom. The molecule has 0 spiro atoms. The first-order valence-corrected chi connectivity index (χ1v) is 21.6. The van der Waals surface area contributed by atoms with Crippen molar-refractivity contribution in [3.8, 4) is 11.3 Å². The highest BCUT2D eigenvalue weighted by Crippen LogP contribution is 2.25. The Morgan fingerprint density at radius 2 is 1.09 bits per heavy atom. The van der Waals surface area contributed by atoms with Crippen LogP contribution in [0, 0.1) is 0 Å². The van der Waals surface area contributed by atoms with Crippen LogP contribution >= 0.6 is 15.9 Å². The summed E-state index contributed by atoms with van der Waals surface area (Å²) in [5.74, 6) is -2.63. The van der Waals surface area contributed by atoms with Gasteiger partial charge >= 0.3 is 7.12 Å². The van der Waals surface area contributed by atoms with E-state index >= 15 is 0 Å². The number of carbonyl (C=O) groups is 6. The van der Waals surface area contributed by atoms with E-state index < -0.39 is 30.5 Å². The lowest BCUT2D eigenvalue weighted by molar-refractivity contribution is -0.130. The third-order valence-electron chi connectivity index (χ3n) is 10.9. The summed E-state index contributed by atoms with van der Waals surface area (Å²) < 4.78 is 0.741. The Morgan fingerprint density at radius 1 is 0.621 bits per heavy atom. The van der Waals surface area contributed by atoms with E-state index in [0.29, 0.717) is 49.4 Å². The zero-order valence-corrected chi connectivity index (χ0v) is 37.7. The van der Waals surface area contributed by atoms with Crippen molar-refractivity contribution in [2.24, 2.45) is 0 Å². The number of carbonyl (C=O) groups excluding carboxylic acids is 6. The van der Waals surface area contributed by atoms with Gasteiger partial charge in [0.1, 0.15) is 0 Å². The lowest BCUT2D eigenvalue weighted by atomic mass is 9.87. The topological polar surface area (TPSA) is 265 Å². The molecule has 0 unspecified atom stereocenters. The van der Waals surface area contributed by atoms with Crippen molar-refractivity contribution in [3.05, 3.63) is 148 Å². The molecule has 4 heterocycles. The molecule has 2 aliphatic heterocycles. The lowest BCUT2D eigenvalue weighted by Gasteiger charge is -2.39. The maximum absolute atomic E-state index is 12.9. The number of nitrogen functional groups attached to an aromatic ring is 2. The van der Waals surface area contributed by atoms with Crippen LogP contribution in [0.15, 0.2) is 126 Å². The van der Waals surface area contributed by atoms with Gasteiger partial charge in [-0.2, -0.15) is 10.2 Å². The monoisotopic (exact) mass is 958 g/mol. The Labute approximate surface area is 388 Å². The number of nitrogens with two attached hydrogens (primary N) is 2. The van der Waals surface area contributed by atoms with Crippen LogP contribution in [0.4, 0.5) is 11.4 Å². The molecule has 0 aliphatic carbocycles. The number of piperazine rings is 2. The Hall–Kier alpha value is -7.42. The first-order chi connectivity index (χ1) is 31.6. The van der Waals surface area contributed by atoms with Crippen LogP contribution in [-0.4, -0.2) is 144 Å². The number of anilines is 2. The van der Waals surface area contributed by atoms with E-state index in [1.54, 1.807) is 82.7 Å². The van der Waals surface area contributed by atoms with Crippen molar-refractivity contribution in [3.63, 3.8) is 0 Å². The van der Waals surface area contributed by atoms with E-state index in [1.807, 2.05) is 50.2 Å². The van der Waals surface area contributed by atoms with Gasteiger partial charge in [-0.05, 0) is 80.6 Å². The highest BCUT2D eigenvalue weighted by molar-refractivity contribution is 9.10. The van der Waals surface area contributed by atoms with Crippen molar-refractivity contribution in [2.75, 3.05) is 50.7 Å². The van der Waals surface area contributed by atoms with Gasteiger partial charge in [0.25, 0.3) is 35.2 Å². The number of Topliss-reactive ketones (excluding diaryl/α,β-unsaturated/α-hetero) is 2. The fourth-order valence-corrected chi connectivity index (χ4v) is 7.79. The predicted octanol–water partition coefficient (Wildman–Crippen LogP) is 2.89. The minimum absolute atomic E-state index is 0.0713. The smallest absolute Gasteiger partial charge is 0.422 e. The number of hydrogen-bond acceptors (Lipinski definition) is 12. The van der Waals surface area contributed by atoms with Crippen LogP contribution in [0.3, 0.4) is 0 Å². The van der Waals surface area contributed by atoms with E-state index in [-0.39, 0.29) is 52.9 Å². The fourth-order valence-electron chi connectivity index (χ4n) is 7.41. The van der Waals surface area contributed by atoms with E-state index in [9.17, 15) is 28.8 Å². The normalized spacial score (nSPS) is 15.7. The zero-order valence-electron chi connectivity index (χ0n) is 36.1. The molecule has 2 fully saturated rings. The minimum atomic E-state index is -1.43. The molecule has 2 aromatic heterocycles. The largest absolute Gasteiger partial charge is 0.507 e. The molecule has 8 rings (SSSR count). The second kappa shape index (κ2) is 22.0. The van der Waals surface area contributed by atoms with Gasteiger partial charge < -0.3 is 41.1 Å². The summed E-state index contributed by atoms with van der Waals surface area (Å²) in [4.78, 5) is 82.8. The zero-order chi connectivity index (χ0) is 47.5. The number of ketones is 2. The third kappa shape index (κ3) is 11.6. The number of benzene rings is 4. The van der Waals surface area contributed by atoms with Crippen LogP contribution < -0.4 is 17.1 Å². The molecule has 4 amide bonds. The van der Waals surface area contributed by atoms with Crippen LogP contribution in [0.5, 0.6) is 0 Å². The SMILES string of the molecule is C[C@@H]1CN(C(=O)c2ccccc2)CCN1C(=O)C(=O)c1ccc(-c2ccn[nH]2)cc1N.C[C@@H]1CN(C(=O)c2ccccc2)CCN1C(=O)C(=O)c1ccc(Br)cc1N.OB(O)c1ccn[nH]1. The number of nitrogens with zero attached hydrogens (tertiary/aromatic N) is 6. The van der Waals surface area contributed by atoms with Crippen molar-refractivity contribution in [1.82, 2.24) is 40.0 Å². The second-order valence-corrected chi connectivity index (χ2v) is 16.4. The highest BCUT2D eigenvalue weighted by atomic mass is 79.9. The average molecular weight is 960 g/mol. The van der Waals surface area contributed by atoms with Crippen molar-refractivity contribution in [2.45, 2.75) is 25.9 Å². The highest BCUT2D eigenvalue weighted by Gasteiger charge is 2.35. The van der Waals surface area contributed by atoms with E-state index in [1.165, 1.54) is 22.1 Å². The summed E-state index contributed by atoms with van der Waals surface area (Å²) >= 11 is 3.28. The number of hydrogen-bond donors (Lipinski definition) is 6. The predicted molar refractivity (Wildman–Crippen MR) is 251 cm³/mol. The maximum Gasteiger partial charge on any atom is 0.507 e. The number of aromatic nitrogens is 4. The summed E-state index contributed by atoms with van der Waals surface area (Å²) in [5, 5.41) is 29.4. The van der Waals surface area contributed by atoms with E-state index in [2.05, 4.69) is 36.3 Å². The van der Waals surface area contributed by atoms with Crippen molar-refractivity contribution < 1.29 is 38.8 Å². The molecule has 2 atom stereocenters. The number of amides is 4. The Bertz CT molecular complexity index is 2650. The molecule has 2 aliphatic rings. The van der Waals surface area contributed by atoms with E-state index in [4.69, 9.17) is 21.5 Å². The van der Waals surface area contributed by atoms with Gasteiger partial charge in [0.15, 0.2) is 0 Å². The van der Waals surface area contributed by atoms with Crippen LogP contribution in [-0.2, 0) is 9.59 Å². The van der Waals surface area contributed by atoms with Gasteiger partial charge in [-0.25, -0.2) is 0 Å². The van der Waals surface area contributed by atoms with Gasteiger partial charge in [0.05, 0.1) is 22.4 Å². The van der Waals surface area contributed by atoms with Crippen molar-refractivity contribution >= 4 is 75.2 Å². The lowest BCUT2D eigenvalue weighted by Crippen LogP contribution is -2.56. The summed E-state index contributed by atoms with van der Waals surface area (Å²) in [7, 11) is -1.43. The number of H-pyrrole nitrogens is 2. The van der Waals surface area contributed by atoms with Gasteiger partial charge in [-0.3, -0.25) is 39.0 Å². The molecule has 2 saturated heterocycles. The van der Waals surface area contributed by atoms with Crippen molar-refractivity contribution in [1.29, 1.82) is 0 Å². The molecule has 66 heavy (non-hydrogen) atoms. The molecule has 8 N–H and O–H groups in total. The maximum atomic E-state index is 12.9. The van der Waals surface area contributed by atoms with Gasteiger partial charge in [-0.15, -0.1) is 0 Å². The number of nitrogens with one attached hydrogen (secondary N) is 2. The summed E-state index contributed by atoms with van der Waals surface area (Å²) in [6, 6.07) is 30.5. The summed E-state index contributed by atoms with van der Waals surface area (Å²) in [6.07, 6.45) is 3.08. The second-order valence-electron chi connectivity index (χ2n) is 15.5. The molecular formula is C46H48BBrN10O8. The molecule has 6 aromatic rings. The Balaban J connectivity index is 0.000000188. The third-order valence-corrected chi connectivity index (χ3v) is 11.4. The van der Waals surface area contributed by atoms with Crippen LogP contribution in [0.25, 0.3) is 11.3 Å². The number of halogens is 1. The number of aromatic amines is 2. The molecule has 0 saturated carbocycles. The van der Waals surface area contributed by atoms with E-state index in [0.717, 1.165) is 15.7 Å². The van der Waals surface area contributed by atoms with Crippen LogP contribution in [0.2, 0.25) is 0 Å². The molecule has 18 nitrogen and oxygen atoms in total. The molecule has 20 heteroatoms. The van der Waals surface area contributed by atoms with Crippen LogP contribution in [0.1, 0.15) is 55.3 Å². The summed E-state index contributed by atoms with van der Waals surface area (Å²) in [6.45, 7) is 5.75. The van der Waals surface area contributed by atoms with Gasteiger partial charge in [0.2, 0.25) is 0 Å². The molecule has 0 radical (unpaired) electrons. The average Bonchev–Trinajstić information content (AvgIpc) is 4.08. The molecule has 0 bridgehead atoms.